The van der Waals surface area contributed by atoms with Gasteiger partial charge in [0.05, 0.1) is 12.0 Å². The minimum Gasteiger partial charge on any atom is -0.384 e. The summed E-state index contributed by atoms with van der Waals surface area (Å²) in [5.41, 5.74) is -0.449. The number of hydrogen-bond donors (Lipinski definition) is 2. The van der Waals surface area contributed by atoms with E-state index in [1.807, 2.05) is 0 Å². The van der Waals surface area contributed by atoms with Crippen LogP contribution in [0.25, 0.3) is 0 Å². The van der Waals surface area contributed by atoms with Crippen molar-refractivity contribution in [1.29, 1.82) is 0 Å². The average molecular weight is 312 g/mol. The molecule has 7 heteroatoms. The summed E-state index contributed by atoms with van der Waals surface area (Å²) < 4.78 is 5.28. The molecule has 1 saturated heterocycles. The van der Waals surface area contributed by atoms with Crippen molar-refractivity contribution in [2.75, 3.05) is 32.1 Å². The molecule has 0 aromatic carbocycles. The molecule has 0 bridgehead atoms. The highest BCUT2D eigenvalue weighted by Crippen LogP contribution is 2.31. The van der Waals surface area contributed by atoms with E-state index in [1.165, 1.54) is 11.3 Å². The maximum atomic E-state index is 12.6. The molecule has 2 N–H and O–H groups in total. The van der Waals surface area contributed by atoms with Crippen LogP contribution in [0.5, 0.6) is 0 Å². The van der Waals surface area contributed by atoms with Gasteiger partial charge >= 0.3 is 0 Å². The quantitative estimate of drug-likeness (QED) is 0.803. The Morgan fingerprint density at radius 2 is 2.19 bits per heavy atom. The molecule has 2 rings (SSSR count). The number of piperidine rings is 1. The Morgan fingerprint density at radius 1 is 1.43 bits per heavy atom. The van der Waals surface area contributed by atoms with Crippen molar-refractivity contribution in [3.8, 4) is 0 Å². The standard InChI is InChI=1S/C14H24N4O2S/c1-3-4-5-11-17-18-13(21-11)16-12(19)14(10-20-2)6-8-15-9-7-14/h15H,3-10H2,1-2H3,(H,16,18,19). The number of carbonyl (C=O) groups excluding carboxylic acids is 1. The van der Waals surface area contributed by atoms with Gasteiger partial charge in [0, 0.05) is 13.5 Å². The lowest BCUT2D eigenvalue weighted by molar-refractivity contribution is -0.130. The van der Waals surface area contributed by atoms with Gasteiger partial charge in [0.15, 0.2) is 0 Å². The second kappa shape index (κ2) is 7.82. The number of ether oxygens (including phenoxy) is 1. The predicted octanol–water partition coefficient (Wildman–Crippen LogP) is 1.84. The number of methoxy groups -OCH3 is 1. The Hall–Kier alpha value is -1.05. The van der Waals surface area contributed by atoms with E-state index in [9.17, 15) is 4.79 Å². The van der Waals surface area contributed by atoms with E-state index in [2.05, 4.69) is 27.8 Å². The van der Waals surface area contributed by atoms with Crippen LogP contribution >= 0.6 is 11.3 Å². The van der Waals surface area contributed by atoms with Crippen LogP contribution in [-0.2, 0) is 16.0 Å². The van der Waals surface area contributed by atoms with Gasteiger partial charge < -0.3 is 10.1 Å². The van der Waals surface area contributed by atoms with Crippen molar-refractivity contribution in [1.82, 2.24) is 15.5 Å². The number of hydrogen-bond acceptors (Lipinski definition) is 6. The second-order valence-electron chi connectivity index (χ2n) is 5.52. The van der Waals surface area contributed by atoms with Crippen molar-refractivity contribution in [2.45, 2.75) is 39.0 Å². The zero-order chi connectivity index (χ0) is 15.1. The van der Waals surface area contributed by atoms with Crippen LogP contribution < -0.4 is 10.6 Å². The first-order valence-corrected chi connectivity index (χ1v) is 8.35. The molecule has 2 heterocycles. The first-order chi connectivity index (χ1) is 10.2. The number of aromatic nitrogens is 2. The van der Waals surface area contributed by atoms with Gasteiger partial charge in [0.2, 0.25) is 11.0 Å². The molecule has 1 aliphatic heterocycles. The van der Waals surface area contributed by atoms with Gasteiger partial charge in [-0.15, -0.1) is 10.2 Å². The molecule has 0 spiro atoms. The second-order valence-corrected chi connectivity index (χ2v) is 6.58. The molecule has 118 valence electrons. The van der Waals surface area contributed by atoms with Crippen molar-refractivity contribution < 1.29 is 9.53 Å². The number of aryl methyl sites for hydroxylation is 1. The van der Waals surface area contributed by atoms with Gasteiger partial charge in [-0.05, 0) is 32.4 Å². The van der Waals surface area contributed by atoms with E-state index in [0.29, 0.717) is 11.7 Å². The number of unbranched alkanes of at least 4 members (excludes halogenated alkanes) is 1. The zero-order valence-electron chi connectivity index (χ0n) is 12.8. The van der Waals surface area contributed by atoms with E-state index < -0.39 is 5.41 Å². The summed E-state index contributed by atoms with van der Waals surface area (Å²) in [6.45, 7) is 4.28. The van der Waals surface area contributed by atoms with Crippen LogP contribution in [-0.4, -0.2) is 42.9 Å². The molecule has 1 aromatic rings. The Labute approximate surface area is 129 Å². The molecule has 21 heavy (non-hydrogen) atoms. The zero-order valence-corrected chi connectivity index (χ0v) is 13.6. The lowest BCUT2D eigenvalue weighted by atomic mass is 9.79. The monoisotopic (exact) mass is 312 g/mol. The molecule has 1 aliphatic rings. The highest BCUT2D eigenvalue weighted by atomic mass is 32.1. The van der Waals surface area contributed by atoms with Crippen LogP contribution in [0.15, 0.2) is 0 Å². The number of nitrogens with one attached hydrogen (secondary N) is 2. The third kappa shape index (κ3) is 4.21. The third-order valence-electron chi connectivity index (χ3n) is 3.89. The summed E-state index contributed by atoms with van der Waals surface area (Å²) in [6.07, 6.45) is 4.73. The normalized spacial score (nSPS) is 17.6. The average Bonchev–Trinajstić information content (AvgIpc) is 2.94. The first kappa shape index (κ1) is 16.3. The highest BCUT2D eigenvalue weighted by molar-refractivity contribution is 7.15. The largest absolute Gasteiger partial charge is 0.384 e. The number of amides is 1. The van der Waals surface area contributed by atoms with Crippen LogP contribution in [0.2, 0.25) is 0 Å². The molecule has 0 atom stereocenters. The predicted molar refractivity (Wildman–Crippen MR) is 83.6 cm³/mol. The van der Waals surface area contributed by atoms with Crippen LogP contribution in [0.3, 0.4) is 0 Å². The molecule has 0 saturated carbocycles. The van der Waals surface area contributed by atoms with Crippen molar-refractivity contribution in [3.63, 3.8) is 0 Å². The Balaban J connectivity index is 1.99. The molecule has 0 unspecified atom stereocenters. The lowest BCUT2D eigenvalue weighted by Gasteiger charge is -2.35. The van der Waals surface area contributed by atoms with Gasteiger partial charge in [0.1, 0.15) is 5.01 Å². The maximum absolute atomic E-state index is 12.6. The molecular formula is C14H24N4O2S. The van der Waals surface area contributed by atoms with Crippen LogP contribution in [0.4, 0.5) is 5.13 Å². The van der Waals surface area contributed by atoms with Gasteiger partial charge in [-0.1, -0.05) is 24.7 Å². The topological polar surface area (TPSA) is 76.1 Å². The number of rotatable bonds is 7. The summed E-state index contributed by atoms with van der Waals surface area (Å²) in [5.74, 6) is 0.00374. The third-order valence-corrected chi connectivity index (χ3v) is 4.79. The fourth-order valence-corrected chi connectivity index (χ4v) is 3.36. The Kier molecular flexibility index (Phi) is 6.08. The smallest absolute Gasteiger partial charge is 0.234 e. The number of nitrogens with zero attached hydrogens (tertiary/aromatic N) is 2. The molecule has 1 amide bonds. The summed E-state index contributed by atoms with van der Waals surface area (Å²) in [5, 5.41) is 16.0. The molecular weight excluding hydrogens is 288 g/mol. The van der Waals surface area contributed by atoms with E-state index in [1.54, 1.807) is 7.11 Å². The minimum atomic E-state index is -0.449. The Bertz CT molecular complexity index is 452. The summed E-state index contributed by atoms with van der Waals surface area (Å²) in [7, 11) is 1.64. The molecule has 1 fully saturated rings. The van der Waals surface area contributed by atoms with Crippen molar-refractivity contribution in [2.24, 2.45) is 5.41 Å². The van der Waals surface area contributed by atoms with Crippen molar-refractivity contribution in [3.05, 3.63) is 5.01 Å². The van der Waals surface area contributed by atoms with Gasteiger partial charge in [0.25, 0.3) is 0 Å². The first-order valence-electron chi connectivity index (χ1n) is 7.53. The summed E-state index contributed by atoms with van der Waals surface area (Å²) >= 11 is 1.47. The maximum Gasteiger partial charge on any atom is 0.234 e. The molecule has 0 radical (unpaired) electrons. The fourth-order valence-electron chi connectivity index (χ4n) is 2.58. The lowest BCUT2D eigenvalue weighted by Crippen LogP contribution is -2.47. The summed E-state index contributed by atoms with van der Waals surface area (Å²) in [6, 6.07) is 0. The molecule has 0 aliphatic carbocycles. The summed E-state index contributed by atoms with van der Waals surface area (Å²) in [4.78, 5) is 12.6. The van der Waals surface area contributed by atoms with Gasteiger partial charge in [-0.25, -0.2) is 0 Å². The van der Waals surface area contributed by atoms with E-state index in [0.717, 1.165) is 50.2 Å². The van der Waals surface area contributed by atoms with E-state index in [-0.39, 0.29) is 5.91 Å². The van der Waals surface area contributed by atoms with Gasteiger partial charge in [-0.3, -0.25) is 10.1 Å². The van der Waals surface area contributed by atoms with Crippen LogP contribution in [0, 0.1) is 5.41 Å². The Morgan fingerprint density at radius 3 is 2.86 bits per heavy atom. The van der Waals surface area contributed by atoms with E-state index >= 15 is 0 Å². The number of carbonyl (C=O) groups is 1. The van der Waals surface area contributed by atoms with Crippen molar-refractivity contribution >= 4 is 22.4 Å². The SMILES string of the molecule is CCCCc1nnc(NC(=O)C2(COC)CCNCC2)s1. The fraction of sp³-hybridized carbons (Fsp3) is 0.786. The van der Waals surface area contributed by atoms with Gasteiger partial charge in [-0.2, -0.15) is 0 Å². The van der Waals surface area contributed by atoms with Crippen LogP contribution in [0.1, 0.15) is 37.6 Å². The highest BCUT2D eigenvalue weighted by Gasteiger charge is 2.40. The molecule has 1 aromatic heterocycles. The van der Waals surface area contributed by atoms with E-state index in [4.69, 9.17) is 4.74 Å². The number of anilines is 1. The minimum absolute atomic E-state index is 0.00374. The molecule has 6 nitrogen and oxygen atoms in total.